The molecule has 12 nitrogen and oxygen atoms in total. The Kier molecular flexibility index (Phi) is 11.3. The zero-order valence-electron chi connectivity index (χ0n) is 26.3. The molecule has 3 aromatic carbocycles. The normalized spacial score (nSPS) is 19.0. The monoisotopic (exact) mass is 683 g/mol. The molecule has 2 unspecified atom stereocenters. The Morgan fingerprint density at radius 2 is 1.74 bits per heavy atom. The molecule has 2 fully saturated rings. The van der Waals surface area contributed by atoms with Crippen LogP contribution in [0, 0.1) is 11.3 Å². The van der Waals surface area contributed by atoms with Gasteiger partial charge in [-0.1, -0.05) is 42.5 Å². The number of aliphatic hydroxyl groups excluding tert-OH is 1. The van der Waals surface area contributed by atoms with Crippen molar-refractivity contribution in [3.05, 3.63) is 78.4 Å². The fourth-order valence-corrected chi connectivity index (χ4v) is 8.18. The first-order valence-corrected chi connectivity index (χ1v) is 18.4. The Morgan fingerprint density at radius 3 is 2.47 bits per heavy atom. The van der Waals surface area contributed by atoms with Crippen molar-refractivity contribution < 1.29 is 31.4 Å². The van der Waals surface area contributed by atoms with Crippen molar-refractivity contribution in [1.29, 1.82) is 5.26 Å². The van der Waals surface area contributed by atoms with Crippen molar-refractivity contribution in [2.24, 2.45) is 0 Å². The predicted molar refractivity (Wildman–Crippen MR) is 176 cm³/mol. The molecule has 0 aromatic heterocycles. The molecule has 0 amide bonds. The van der Waals surface area contributed by atoms with Crippen molar-refractivity contribution >= 4 is 20.0 Å². The second-order valence-electron chi connectivity index (χ2n) is 11.8. The minimum atomic E-state index is -3.70. The Labute approximate surface area is 276 Å². The SMILES string of the molecule is CNS(=O)(=O)c1cccc(OCC(O)CNC2COC3(CCN(S(=O)(=O)c4cccc(-c5ccc(CNCC#N)cc5)c4)CC3)C2)c1. The average molecular weight is 684 g/mol. The third-order valence-electron chi connectivity index (χ3n) is 8.60. The highest BCUT2D eigenvalue weighted by molar-refractivity contribution is 7.89. The molecule has 3 aromatic rings. The molecule has 2 saturated heterocycles. The summed E-state index contributed by atoms with van der Waals surface area (Å²) in [7, 11) is -5.97. The first kappa shape index (κ1) is 34.9. The van der Waals surface area contributed by atoms with E-state index in [-0.39, 0.29) is 35.5 Å². The molecular weight excluding hydrogens is 643 g/mol. The van der Waals surface area contributed by atoms with Gasteiger partial charge in [0.25, 0.3) is 0 Å². The van der Waals surface area contributed by atoms with Crippen LogP contribution in [-0.4, -0.2) is 90.4 Å². The quantitative estimate of drug-likeness (QED) is 0.146. The number of aliphatic hydroxyl groups is 1. The lowest BCUT2D eigenvalue weighted by atomic mass is 9.88. The summed E-state index contributed by atoms with van der Waals surface area (Å²) < 4.78 is 66.9. The summed E-state index contributed by atoms with van der Waals surface area (Å²) in [4.78, 5) is 0.333. The fraction of sp³-hybridized carbons (Fsp3) is 0.424. The van der Waals surface area contributed by atoms with Crippen LogP contribution in [-0.2, 0) is 31.3 Å². The van der Waals surface area contributed by atoms with Gasteiger partial charge in [-0.25, -0.2) is 21.6 Å². The van der Waals surface area contributed by atoms with Crippen molar-refractivity contribution in [3.8, 4) is 22.9 Å². The van der Waals surface area contributed by atoms with Crippen LogP contribution in [0.5, 0.6) is 5.75 Å². The molecule has 0 saturated carbocycles. The maximum atomic E-state index is 13.6. The van der Waals surface area contributed by atoms with Gasteiger partial charge >= 0.3 is 0 Å². The standard InChI is InChI=1S/C33H41N5O7S2/c1-35-46(40,41)31-6-3-5-30(19-31)44-24-29(39)22-37-28-20-33(45-23-28)12-16-38(17-13-33)47(42,43)32-7-2-4-27(18-32)26-10-8-25(9-11-26)21-36-15-14-34/h2-11,18-19,28-29,35-37,39H,12-13,15-17,20-24H2,1H3. The molecule has 5 rings (SSSR count). The van der Waals surface area contributed by atoms with Crippen LogP contribution in [0.4, 0.5) is 0 Å². The predicted octanol–water partition coefficient (Wildman–Crippen LogP) is 2.22. The number of benzene rings is 3. The molecule has 2 atom stereocenters. The molecule has 2 aliphatic heterocycles. The molecule has 252 valence electrons. The van der Waals surface area contributed by atoms with Crippen LogP contribution in [0.3, 0.4) is 0 Å². The van der Waals surface area contributed by atoms with Crippen LogP contribution in [0.1, 0.15) is 24.8 Å². The number of sulfonamides is 2. The van der Waals surface area contributed by atoms with E-state index in [9.17, 15) is 21.9 Å². The first-order valence-electron chi connectivity index (χ1n) is 15.5. The summed E-state index contributed by atoms with van der Waals surface area (Å²) in [6.07, 6.45) is 1.02. The van der Waals surface area contributed by atoms with Crippen molar-refractivity contribution in [2.75, 3.05) is 46.4 Å². The summed E-state index contributed by atoms with van der Waals surface area (Å²) in [5.74, 6) is 0.341. The number of nitrogens with one attached hydrogen (secondary N) is 3. The van der Waals surface area contributed by atoms with Crippen molar-refractivity contribution in [3.63, 3.8) is 0 Å². The maximum Gasteiger partial charge on any atom is 0.243 e. The van der Waals surface area contributed by atoms with E-state index in [1.54, 1.807) is 30.3 Å². The van der Waals surface area contributed by atoms with Gasteiger partial charge in [0.1, 0.15) is 18.5 Å². The van der Waals surface area contributed by atoms with Crippen LogP contribution < -0.4 is 20.1 Å². The highest BCUT2D eigenvalue weighted by Crippen LogP contribution is 2.37. The van der Waals surface area contributed by atoms with Gasteiger partial charge in [-0.3, -0.25) is 0 Å². The van der Waals surface area contributed by atoms with Crippen LogP contribution in [0.2, 0.25) is 0 Å². The molecule has 0 aliphatic carbocycles. The van der Waals surface area contributed by atoms with E-state index < -0.39 is 31.8 Å². The zero-order valence-corrected chi connectivity index (χ0v) is 27.9. The van der Waals surface area contributed by atoms with Gasteiger partial charge in [0.05, 0.1) is 34.6 Å². The molecule has 14 heteroatoms. The van der Waals surface area contributed by atoms with E-state index in [1.165, 1.54) is 23.5 Å². The van der Waals surface area contributed by atoms with Crippen molar-refractivity contribution in [1.82, 2.24) is 19.7 Å². The summed E-state index contributed by atoms with van der Waals surface area (Å²) in [6.45, 7) is 2.26. The molecule has 2 aliphatic rings. The second kappa shape index (κ2) is 15.2. The van der Waals surface area contributed by atoms with E-state index in [0.29, 0.717) is 51.3 Å². The lowest BCUT2D eigenvalue weighted by Crippen LogP contribution is -2.47. The number of nitriles is 1. The van der Waals surface area contributed by atoms with Gasteiger partial charge in [-0.15, -0.1) is 0 Å². The number of nitrogens with zero attached hydrogens (tertiary/aromatic N) is 2. The summed E-state index contributed by atoms with van der Waals surface area (Å²) in [5.41, 5.74) is 2.34. The molecule has 2 heterocycles. The lowest BCUT2D eigenvalue weighted by Gasteiger charge is -2.38. The maximum absolute atomic E-state index is 13.6. The van der Waals surface area contributed by atoms with Gasteiger partial charge in [0, 0.05) is 38.3 Å². The molecular formula is C33H41N5O7S2. The van der Waals surface area contributed by atoms with Gasteiger partial charge in [-0.2, -0.15) is 9.57 Å². The van der Waals surface area contributed by atoms with Gasteiger partial charge in [-0.05, 0) is 67.3 Å². The topological polar surface area (TPSA) is 170 Å². The van der Waals surface area contributed by atoms with Crippen molar-refractivity contribution in [2.45, 2.75) is 53.3 Å². The zero-order chi connectivity index (χ0) is 33.5. The highest BCUT2D eigenvalue weighted by Gasteiger charge is 2.44. The third-order valence-corrected chi connectivity index (χ3v) is 11.9. The summed E-state index contributed by atoms with van der Waals surface area (Å²) in [6, 6.07) is 23.0. The Balaban J connectivity index is 1.10. The number of hydrogen-bond acceptors (Lipinski definition) is 10. The van der Waals surface area contributed by atoms with E-state index >= 15 is 0 Å². The third kappa shape index (κ3) is 8.75. The van der Waals surface area contributed by atoms with E-state index in [0.717, 1.165) is 16.7 Å². The summed E-state index contributed by atoms with van der Waals surface area (Å²) >= 11 is 0. The van der Waals surface area contributed by atoms with Crippen LogP contribution in [0.15, 0.2) is 82.6 Å². The summed E-state index contributed by atoms with van der Waals surface area (Å²) in [5, 5.41) is 25.5. The fourth-order valence-electron chi connectivity index (χ4n) is 5.92. The molecule has 4 N–H and O–H groups in total. The number of rotatable bonds is 14. The van der Waals surface area contributed by atoms with Crippen LogP contribution in [0.25, 0.3) is 11.1 Å². The Morgan fingerprint density at radius 1 is 1.02 bits per heavy atom. The highest BCUT2D eigenvalue weighted by atomic mass is 32.2. The number of piperidine rings is 1. The molecule has 0 radical (unpaired) electrons. The lowest BCUT2D eigenvalue weighted by molar-refractivity contribution is -0.0312. The van der Waals surface area contributed by atoms with E-state index in [2.05, 4.69) is 21.4 Å². The van der Waals surface area contributed by atoms with E-state index in [1.807, 2.05) is 30.3 Å². The number of hydrogen-bond donors (Lipinski definition) is 4. The largest absolute Gasteiger partial charge is 0.491 e. The van der Waals surface area contributed by atoms with Gasteiger partial charge in [0.15, 0.2) is 0 Å². The minimum absolute atomic E-state index is 0.00195. The van der Waals surface area contributed by atoms with Gasteiger partial charge < -0.3 is 25.2 Å². The molecule has 47 heavy (non-hydrogen) atoms. The van der Waals surface area contributed by atoms with Crippen LogP contribution >= 0.6 is 0 Å². The minimum Gasteiger partial charge on any atom is -0.491 e. The molecule has 0 bridgehead atoms. The molecule has 1 spiro atoms. The Hall–Kier alpha value is -3.39. The Bertz CT molecular complexity index is 1770. The number of ether oxygens (including phenoxy) is 2. The average Bonchev–Trinajstić information content (AvgIpc) is 3.49. The second-order valence-corrected chi connectivity index (χ2v) is 15.7. The first-order chi connectivity index (χ1) is 22.5. The van der Waals surface area contributed by atoms with Gasteiger partial charge in [0.2, 0.25) is 20.0 Å². The van der Waals surface area contributed by atoms with E-state index in [4.69, 9.17) is 14.7 Å². The smallest absolute Gasteiger partial charge is 0.243 e.